The molecule has 0 bridgehead atoms. The van der Waals surface area contributed by atoms with Crippen molar-refractivity contribution in [3.05, 3.63) is 35.1 Å². The zero-order valence-electron chi connectivity index (χ0n) is 8.58. The summed E-state index contributed by atoms with van der Waals surface area (Å²) in [6.45, 7) is 1.33. The lowest BCUT2D eigenvalue weighted by atomic mass is 10.1. The average Bonchev–Trinajstić information content (AvgIpc) is 2.26. The monoisotopic (exact) mass is 213 g/mol. The van der Waals surface area contributed by atoms with Gasteiger partial charge in [0.25, 0.3) is 0 Å². The molecular weight excluding hydrogens is 197 g/mol. The van der Waals surface area contributed by atoms with Gasteiger partial charge in [0.1, 0.15) is 5.82 Å². The van der Waals surface area contributed by atoms with Crippen LogP contribution in [0.3, 0.4) is 0 Å². The first-order valence-corrected chi connectivity index (χ1v) is 4.94. The zero-order valence-corrected chi connectivity index (χ0v) is 8.58. The molecule has 0 unspecified atom stereocenters. The molecule has 0 aliphatic heterocycles. The quantitative estimate of drug-likeness (QED) is 0.698. The SMILES string of the molecule is NCc1cc(F)ccc1COCCCO. The number of aliphatic hydroxyl groups excluding tert-OH is 1. The third-order valence-electron chi connectivity index (χ3n) is 2.09. The van der Waals surface area contributed by atoms with E-state index in [1.54, 1.807) is 6.07 Å². The van der Waals surface area contributed by atoms with Crippen LogP contribution in [0.1, 0.15) is 17.5 Å². The molecule has 4 heteroatoms. The topological polar surface area (TPSA) is 55.5 Å². The van der Waals surface area contributed by atoms with Gasteiger partial charge in [-0.2, -0.15) is 0 Å². The highest BCUT2D eigenvalue weighted by atomic mass is 19.1. The van der Waals surface area contributed by atoms with Crippen LogP contribution in [0, 0.1) is 5.82 Å². The fourth-order valence-electron chi connectivity index (χ4n) is 1.27. The highest BCUT2D eigenvalue weighted by Crippen LogP contribution is 2.12. The first-order chi connectivity index (χ1) is 7.27. The van der Waals surface area contributed by atoms with E-state index in [9.17, 15) is 4.39 Å². The summed E-state index contributed by atoms with van der Waals surface area (Å²) in [6.07, 6.45) is 0.610. The summed E-state index contributed by atoms with van der Waals surface area (Å²) in [7, 11) is 0. The summed E-state index contributed by atoms with van der Waals surface area (Å²) >= 11 is 0. The van der Waals surface area contributed by atoms with Crippen molar-refractivity contribution in [2.75, 3.05) is 13.2 Å². The number of ether oxygens (including phenoxy) is 1. The van der Waals surface area contributed by atoms with E-state index in [1.807, 2.05) is 0 Å². The van der Waals surface area contributed by atoms with E-state index in [1.165, 1.54) is 12.1 Å². The van der Waals surface area contributed by atoms with Gasteiger partial charge in [0.2, 0.25) is 0 Å². The maximum absolute atomic E-state index is 12.8. The second-order valence-corrected chi connectivity index (χ2v) is 3.25. The Balaban J connectivity index is 2.52. The Hall–Kier alpha value is -0.970. The van der Waals surface area contributed by atoms with Crippen molar-refractivity contribution < 1.29 is 14.2 Å². The van der Waals surface area contributed by atoms with Crippen LogP contribution in [-0.4, -0.2) is 18.3 Å². The number of benzene rings is 1. The van der Waals surface area contributed by atoms with E-state index in [-0.39, 0.29) is 12.4 Å². The summed E-state index contributed by atoms with van der Waals surface area (Å²) in [6, 6.07) is 4.49. The molecule has 1 aromatic carbocycles. The van der Waals surface area contributed by atoms with E-state index in [0.29, 0.717) is 26.2 Å². The van der Waals surface area contributed by atoms with Gasteiger partial charge in [0, 0.05) is 19.8 Å². The minimum atomic E-state index is -0.283. The summed E-state index contributed by atoms with van der Waals surface area (Å²) in [4.78, 5) is 0. The standard InChI is InChI=1S/C11H16FNO2/c12-11-3-2-9(10(6-11)7-13)8-15-5-1-4-14/h2-3,6,14H,1,4-5,7-8,13H2. The van der Waals surface area contributed by atoms with Gasteiger partial charge in [0.15, 0.2) is 0 Å². The number of aliphatic hydroxyl groups is 1. The van der Waals surface area contributed by atoms with E-state index in [2.05, 4.69) is 0 Å². The molecule has 0 amide bonds. The molecule has 0 saturated heterocycles. The predicted molar refractivity (Wildman–Crippen MR) is 55.7 cm³/mol. The molecule has 0 radical (unpaired) electrons. The smallest absolute Gasteiger partial charge is 0.123 e. The van der Waals surface area contributed by atoms with Crippen LogP contribution in [0.25, 0.3) is 0 Å². The zero-order chi connectivity index (χ0) is 11.1. The molecule has 0 aliphatic rings. The van der Waals surface area contributed by atoms with Crippen LogP contribution in [0.2, 0.25) is 0 Å². The minimum Gasteiger partial charge on any atom is -0.396 e. The molecule has 0 saturated carbocycles. The van der Waals surface area contributed by atoms with Crippen LogP contribution >= 0.6 is 0 Å². The second kappa shape index (κ2) is 6.50. The molecule has 3 nitrogen and oxygen atoms in total. The van der Waals surface area contributed by atoms with E-state index in [0.717, 1.165) is 11.1 Å². The summed E-state index contributed by atoms with van der Waals surface area (Å²) in [5, 5.41) is 8.55. The molecule has 84 valence electrons. The van der Waals surface area contributed by atoms with Crippen LogP contribution in [0.4, 0.5) is 4.39 Å². The maximum atomic E-state index is 12.8. The Bertz CT molecular complexity index is 305. The van der Waals surface area contributed by atoms with Crippen LogP contribution in [-0.2, 0) is 17.9 Å². The molecule has 0 fully saturated rings. The molecule has 0 atom stereocenters. The van der Waals surface area contributed by atoms with E-state index >= 15 is 0 Å². The predicted octanol–water partition coefficient (Wildman–Crippen LogP) is 1.18. The Morgan fingerprint density at radius 2 is 2.13 bits per heavy atom. The summed E-state index contributed by atoms with van der Waals surface area (Å²) in [5.41, 5.74) is 7.15. The van der Waals surface area contributed by atoms with E-state index in [4.69, 9.17) is 15.6 Å². The molecular formula is C11H16FNO2. The van der Waals surface area contributed by atoms with Crippen molar-refractivity contribution in [1.82, 2.24) is 0 Å². The van der Waals surface area contributed by atoms with Crippen molar-refractivity contribution >= 4 is 0 Å². The van der Waals surface area contributed by atoms with Gasteiger partial charge in [-0.05, 0) is 29.7 Å². The Morgan fingerprint density at radius 3 is 2.80 bits per heavy atom. The minimum absolute atomic E-state index is 0.118. The van der Waals surface area contributed by atoms with Gasteiger partial charge in [-0.15, -0.1) is 0 Å². The molecule has 0 aromatic heterocycles. The highest BCUT2D eigenvalue weighted by Gasteiger charge is 2.02. The number of hydrogen-bond donors (Lipinski definition) is 2. The van der Waals surface area contributed by atoms with Gasteiger partial charge < -0.3 is 15.6 Å². The van der Waals surface area contributed by atoms with Gasteiger partial charge in [0.05, 0.1) is 6.61 Å². The average molecular weight is 213 g/mol. The lowest BCUT2D eigenvalue weighted by molar-refractivity contribution is 0.104. The second-order valence-electron chi connectivity index (χ2n) is 3.25. The summed E-state index contributed by atoms with van der Waals surface area (Å²) < 4.78 is 18.2. The Morgan fingerprint density at radius 1 is 1.33 bits per heavy atom. The van der Waals surface area contributed by atoms with Crippen LogP contribution in [0.15, 0.2) is 18.2 Å². The van der Waals surface area contributed by atoms with Crippen molar-refractivity contribution in [2.45, 2.75) is 19.6 Å². The van der Waals surface area contributed by atoms with Gasteiger partial charge in [-0.25, -0.2) is 4.39 Å². The number of hydrogen-bond acceptors (Lipinski definition) is 3. The third kappa shape index (κ3) is 3.95. The van der Waals surface area contributed by atoms with Gasteiger partial charge in [-0.3, -0.25) is 0 Å². The number of nitrogens with two attached hydrogens (primary N) is 1. The first-order valence-electron chi connectivity index (χ1n) is 4.94. The molecule has 0 heterocycles. The molecule has 0 spiro atoms. The number of halogens is 1. The fraction of sp³-hybridized carbons (Fsp3) is 0.455. The normalized spacial score (nSPS) is 10.6. The molecule has 15 heavy (non-hydrogen) atoms. The molecule has 0 aliphatic carbocycles. The number of rotatable bonds is 6. The van der Waals surface area contributed by atoms with Crippen molar-refractivity contribution in [3.8, 4) is 0 Å². The van der Waals surface area contributed by atoms with Gasteiger partial charge in [-0.1, -0.05) is 6.07 Å². The summed E-state index contributed by atoms with van der Waals surface area (Å²) in [5.74, 6) is -0.283. The Labute approximate surface area is 88.7 Å². The van der Waals surface area contributed by atoms with Crippen molar-refractivity contribution in [2.24, 2.45) is 5.73 Å². The first kappa shape index (κ1) is 12.1. The lowest BCUT2D eigenvalue weighted by Crippen LogP contribution is -2.05. The lowest BCUT2D eigenvalue weighted by Gasteiger charge is -2.08. The maximum Gasteiger partial charge on any atom is 0.123 e. The fourth-order valence-corrected chi connectivity index (χ4v) is 1.27. The molecule has 1 rings (SSSR count). The van der Waals surface area contributed by atoms with Crippen molar-refractivity contribution in [1.29, 1.82) is 0 Å². The van der Waals surface area contributed by atoms with Crippen LogP contribution < -0.4 is 5.73 Å². The van der Waals surface area contributed by atoms with Crippen LogP contribution in [0.5, 0.6) is 0 Å². The van der Waals surface area contributed by atoms with Gasteiger partial charge >= 0.3 is 0 Å². The Kier molecular flexibility index (Phi) is 5.25. The molecule has 3 N–H and O–H groups in total. The van der Waals surface area contributed by atoms with Crippen molar-refractivity contribution in [3.63, 3.8) is 0 Å². The molecule has 1 aromatic rings. The third-order valence-corrected chi connectivity index (χ3v) is 2.09. The highest BCUT2D eigenvalue weighted by molar-refractivity contribution is 5.27. The van der Waals surface area contributed by atoms with E-state index < -0.39 is 0 Å². The largest absolute Gasteiger partial charge is 0.396 e.